The van der Waals surface area contributed by atoms with E-state index in [0.29, 0.717) is 11.2 Å². The Balaban J connectivity index is 2.08. The number of ether oxygens (including phenoxy) is 1. The number of H-pyrrole nitrogens is 1. The van der Waals surface area contributed by atoms with E-state index in [2.05, 4.69) is 38.9 Å². The number of fused-ring (bicyclic) bond motifs is 1. The van der Waals surface area contributed by atoms with E-state index in [4.69, 9.17) is 17.0 Å². The Hall–Kier alpha value is -1.20. The first-order valence-corrected chi connectivity index (χ1v) is 8.41. The minimum absolute atomic E-state index is 0.223. The van der Waals surface area contributed by atoms with Gasteiger partial charge in [-0.05, 0) is 34.8 Å². The maximum Gasteiger partial charge on any atom is 0.144 e. The Morgan fingerprint density at radius 3 is 3.05 bits per heavy atom. The van der Waals surface area contributed by atoms with Crippen molar-refractivity contribution in [1.29, 1.82) is 0 Å². The van der Waals surface area contributed by atoms with E-state index in [0.717, 1.165) is 41.0 Å². The number of aromatic nitrogens is 2. The number of nitrogens with one attached hydrogen (secondary N) is 1. The van der Waals surface area contributed by atoms with Gasteiger partial charge >= 0.3 is 0 Å². The fourth-order valence-electron chi connectivity index (χ4n) is 2.74. The molecule has 21 heavy (non-hydrogen) atoms. The zero-order valence-electron chi connectivity index (χ0n) is 11.9. The Morgan fingerprint density at radius 1 is 1.43 bits per heavy atom. The van der Waals surface area contributed by atoms with Gasteiger partial charge in [-0.1, -0.05) is 43.8 Å². The molecule has 0 aliphatic carbocycles. The molecule has 1 aliphatic heterocycles. The molecule has 1 aromatic carbocycles. The van der Waals surface area contributed by atoms with E-state index in [9.17, 15) is 0 Å². The van der Waals surface area contributed by atoms with Gasteiger partial charge in [-0.2, -0.15) is 0 Å². The van der Waals surface area contributed by atoms with Crippen LogP contribution in [0.4, 0.5) is 0 Å². The molecule has 0 amide bonds. The smallest absolute Gasteiger partial charge is 0.144 e. The topological polar surface area (TPSA) is 37.9 Å². The van der Waals surface area contributed by atoms with Crippen LogP contribution in [0.15, 0.2) is 28.7 Å². The van der Waals surface area contributed by atoms with Crippen LogP contribution in [0.5, 0.6) is 5.75 Å². The molecule has 0 saturated heterocycles. The van der Waals surface area contributed by atoms with E-state index in [1.54, 1.807) is 0 Å². The van der Waals surface area contributed by atoms with Crippen molar-refractivity contribution >= 4 is 28.1 Å². The van der Waals surface area contributed by atoms with Gasteiger partial charge in [0.2, 0.25) is 0 Å². The van der Waals surface area contributed by atoms with Crippen LogP contribution in [-0.4, -0.2) is 16.6 Å². The van der Waals surface area contributed by atoms with E-state index in [1.165, 1.54) is 5.56 Å². The average Bonchev–Trinajstić information content (AvgIpc) is 2.51. The zero-order valence-corrected chi connectivity index (χ0v) is 14.3. The standard InChI is InChI=1S/C16H17BrN2OS/c1-2-5-12-14(17)16(21)19-15(18-12)11-8-9-20-13-7-4-3-6-10(11)13/h3-4,6-7,11H,2,5,8-9H2,1H3,(H,18,19,21). The molecule has 2 aromatic rings. The summed E-state index contributed by atoms with van der Waals surface area (Å²) < 4.78 is 7.29. The molecule has 0 radical (unpaired) electrons. The van der Waals surface area contributed by atoms with Crippen molar-refractivity contribution in [2.45, 2.75) is 32.1 Å². The first kappa shape index (κ1) is 14.7. The number of halogens is 1. The molecule has 3 nitrogen and oxygen atoms in total. The predicted octanol–water partition coefficient (Wildman–Crippen LogP) is 4.77. The molecule has 1 aromatic heterocycles. The number of aromatic amines is 1. The lowest BCUT2D eigenvalue weighted by Crippen LogP contribution is -2.18. The summed E-state index contributed by atoms with van der Waals surface area (Å²) in [5.41, 5.74) is 2.32. The molecule has 1 aliphatic rings. The SMILES string of the molecule is CCCc1[nH]c(C2CCOc3ccccc32)nc(=S)c1Br. The second kappa shape index (κ2) is 6.28. The summed E-state index contributed by atoms with van der Waals surface area (Å²) in [6.45, 7) is 2.87. The highest BCUT2D eigenvalue weighted by atomic mass is 79.9. The van der Waals surface area contributed by atoms with Crippen molar-refractivity contribution in [2.75, 3.05) is 6.61 Å². The van der Waals surface area contributed by atoms with Gasteiger partial charge in [0.25, 0.3) is 0 Å². The Morgan fingerprint density at radius 2 is 2.24 bits per heavy atom. The predicted molar refractivity (Wildman–Crippen MR) is 89.5 cm³/mol. The fraction of sp³-hybridized carbons (Fsp3) is 0.375. The van der Waals surface area contributed by atoms with E-state index in [1.807, 2.05) is 18.2 Å². The van der Waals surface area contributed by atoms with Crippen LogP contribution in [0.2, 0.25) is 0 Å². The molecular formula is C16H17BrN2OS. The summed E-state index contributed by atoms with van der Waals surface area (Å²) in [5.74, 6) is 2.12. The molecule has 0 fully saturated rings. The lowest BCUT2D eigenvalue weighted by Gasteiger charge is -2.25. The van der Waals surface area contributed by atoms with Crippen molar-refractivity contribution in [3.63, 3.8) is 0 Å². The van der Waals surface area contributed by atoms with Crippen LogP contribution in [0.25, 0.3) is 0 Å². The summed E-state index contributed by atoms with van der Waals surface area (Å²) in [6, 6.07) is 8.17. The minimum atomic E-state index is 0.223. The fourth-order valence-corrected chi connectivity index (χ4v) is 3.35. The minimum Gasteiger partial charge on any atom is -0.493 e. The normalized spacial score (nSPS) is 17.1. The van der Waals surface area contributed by atoms with Crippen molar-refractivity contribution in [3.8, 4) is 5.75 Å². The maximum atomic E-state index is 5.73. The van der Waals surface area contributed by atoms with Crippen LogP contribution in [-0.2, 0) is 6.42 Å². The summed E-state index contributed by atoms with van der Waals surface area (Å²) in [5, 5.41) is 0. The summed E-state index contributed by atoms with van der Waals surface area (Å²) >= 11 is 8.95. The number of rotatable bonds is 3. The lowest BCUT2D eigenvalue weighted by atomic mass is 9.92. The molecule has 5 heteroatoms. The zero-order chi connectivity index (χ0) is 14.8. The highest BCUT2D eigenvalue weighted by Gasteiger charge is 2.25. The van der Waals surface area contributed by atoms with Crippen LogP contribution >= 0.6 is 28.1 Å². The van der Waals surface area contributed by atoms with Gasteiger partial charge in [0, 0.05) is 17.2 Å². The largest absolute Gasteiger partial charge is 0.493 e. The highest BCUT2D eigenvalue weighted by molar-refractivity contribution is 9.10. The number of nitrogens with zero attached hydrogens (tertiary/aromatic N) is 1. The Kier molecular flexibility index (Phi) is 4.40. The molecule has 3 rings (SSSR count). The van der Waals surface area contributed by atoms with Gasteiger partial charge in [0.15, 0.2) is 0 Å². The van der Waals surface area contributed by atoms with Crippen LogP contribution < -0.4 is 4.74 Å². The van der Waals surface area contributed by atoms with Gasteiger partial charge < -0.3 is 9.72 Å². The molecule has 0 spiro atoms. The number of hydrogen-bond donors (Lipinski definition) is 1. The first-order valence-electron chi connectivity index (χ1n) is 7.21. The van der Waals surface area contributed by atoms with Gasteiger partial charge in [0.05, 0.1) is 11.1 Å². The molecule has 1 unspecified atom stereocenters. The number of benzene rings is 1. The van der Waals surface area contributed by atoms with Crippen molar-refractivity contribution in [2.24, 2.45) is 0 Å². The summed E-state index contributed by atoms with van der Waals surface area (Å²) in [4.78, 5) is 8.08. The van der Waals surface area contributed by atoms with Crippen LogP contribution in [0, 0.1) is 4.64 Å². The molecule has 0 saturated carbocycles. The third kappa shape index (κ3) is 2.90. The number of para-hydroxylation sites is 1. The number of aryl methyl sites for hydroxylation is 1. The second-order valence-corrected chi connectivity index (χ2v) is 6.38. The highest BCUT2D eigenvalue weighted by Crippen LogP contribution is 2.37. The second-order valence-electron chi connectivity index (χ2n) is 5.20. The maximum absolute atomic E-state index is 5.73. The van der Waals surface area contributed by atoms with E-state index < -0.39 is 0 Å². The van der Waals surface area contributed by atoms with Crippen LogP contribution in [0.1, 0.15) is 42.8 Å². The third-order valence-electron chi connectivity index (χ3n) is 3.74. The van der Waals surface area contributed by atoms with Crippen molar-refractivity contribution in [3.05, 3.63) is 50.5 Å². The van der Waals surface area contributed by atoms with Crippen molar-refractivity contribution in [1.82, 2.24) is 9.97 Å². The molecule has 110 valence electrons. The Bertz CT molecular complexity index is 714. The van der Waals surface area contributed by atoms with E-state index in [-0.39, 0.29) is 5.92 Å². The summed E-state index contributed by atoms with van der Waals surface area (Å²) in [6.07, 6.45) is 2.95. The number of hydrogen-bond acceptors (Lipinski definition) is 3. The lowest BCUT2D eigenvalue weighted by molar-refractivity contribution is 0.274. The van der Waals surface area contributed by atoms with Crippen molar-refractivity contribution < 1.29 is 4.74 Å². The van der Waals surface area contributed by atoms with Gasteiger partial charge in [-0.15, -0.1) is 0 Å². The van der Waals surface area contributed by atoms with Gasteiger partial charge in [0.1, 0.15) is 16.2 Å². The molecular weight excluding hydrogens is 348 g/mol. The monoisotopic (exact) mass is 364 g/mol. The van der Waals surface area contributed by atoms with Crippen LogP contribution in [0.3, 0.4) is 0 Å². The average molecular weight is 365 g/mol. The Labute approximate surface area is 137 Å². The summed E-state index contributed by atoms with van der Waals surface area (Å²) in [7, 11) is 0. The molecule has 2 heterocycles. The molecule has 1 atom stereocenters. The quantitative estimate of drug-likeness (QED) is 0.797. The van der Waals surface area contributed by atoms with Gasteiger partial charge in [-0.3, -0.25) is 0 Å². The van der Waals surface area contributed by atoms with E-state index >= 15 is 0 Å². The molecule has 1 N–H and O–H groups in total. The molecule has 0 bridgehead atoms. The first-order chi connectivity index (χ1) is 10.2. The van der Waals surface area contributed by atoms with Gasteiger partial charge in [-0.25, -0.2) is 4.98 Å². The third-order valence-corrected chi connectivity index (χ3v) is 5.15.